The van der Waals surface area contributed by atoms with E-state index < -0.39 is 8.32 Å². The van der Waals surface area contributed by atoms with Gasteiger partial charge in [-0.25, -0.2) is 0 Å². The molecule has 5 atom stereocenters. The number of benzene rings is 2. The third-order valence-corrected chi connectivity index (χ3v) is 11.5. The van der Waals surface area contributed by atoms with Crippen LogP contribution in [-0.2, 0) is 33.7 Å². The van der Waals surface area contributed by atoms with E-state index in [9.17, 15) is 19.5 Å². The summed E-state index contributed by atoms with van der Waals surface area (Å²) in [5.41, 5.74) is 4.32. The van der Waals surface area contributed by atoms with Gasteiger partial charge in [-0.05, 0) is 67.1 Å². The van der Waals surface area contributed by atoms with E-state index in [0.717, 1.165) is 36.2 Å². The van der Waals surface area contributed by atoms with Gasteiger partial charge in [0.25, 0.3) is 0 Å². The van der Waals surface area contributed by atoms with Gasteiger partial charge in [-0.2, -0.15) is 0 Å². The lowest BCUT2D eigenvalue weighted by Crippen LogP contribution is -2.48. The highest BCUT2D eigenvalue weighted by atomic mass is 28.4. The van der Waals surface area contributed by atoms with Gasteiger partial charge in [0.2, 0.25) is 11.8 Å². The lowest BCUT2D eigenvalue weighted by molar-refractivity contribution is -0.138. The number of aryl methyl sites for hydroxylation is 1. The first-order chi connectivity index (χ1) is 19.2. The van der Waals surface area contributed by atoms with Crippen molar-refractivity contribution in [2.75, 3.05) is 31.1 Å². The van der Waals surface area contributed by atoms with Crippen LogP contribution >= 0.6 is 0 Å². The average molecular weight is 566 g/mol. The number of aliphatic hydroxyl groups is 1. The van der Waals surface area contributed by atoms with Crippen molar-refractivity contribution in [2.24, 2.45) is 5.92 Å². The molecule has 3 N–H and O–H groups in total. The number of carbonyl (C=O) groups is 2. The molecule has 2 aromatic rings. The molecular weight excluding hydrogens is 522 g/mol. The molecule has 0 aromatic heterocycles. The molecule has 2 amide bonds. The minimum Gasteiger partial charge on any atom is -0.432 e. The van der Waals surface area contributed by atoms with E-state index in [2.05, 4.69) is 30.4 Å². The Hall–Kier alpha value is -2.56. The van der Waals surface area contributed by atoms with Crippen LogP contribution in [0.1, 0.15) is 36.5 Å². The van der Waals surface area contributed by atoms with Crippen LogP contribution in [0.3, 0.4) is 0 Å². The minimum atomic E-state index is -2.63. The quantitative estimate of drug-likeness (QED) is 0.426. The number of hydrogen-bond acceptors (Lipinski definition) is 6. The SMILES string of the molecule is C[C@H]1[C@H]([Si](C)(C)O)[C@@H](CC(=O)N2Cc3ccccc3C[C@H]2CO)O[C@H]1CCc1cccc(N2CCNCC2=O)c1. The fraction of sp³-hybridized carbons (Fsp3) is 0.548. The molecule has 5 rings (SSSR count). The monoisotopic (exact) mass is 565 g/mol. The molecular formula is C31H43N3O5Si. The van der Waals surface area contributed by atoms with E-state index in [-0.39, 0.29) is 54.6 Å². The summed E-state index contributed by atoms with van der Waals surface area (Å²) in [6.45, 7) is 8.26. The summed E-state index contributed by atoms with van der Waals surface area (Å²) in [4.78, 5) is 40.9. The van der Waals surface area contributed by atoms with Crippen molar-refractivity contribution in [1.82, 2.24) is 10.2 Å². The molecule has 2 saturated heterocycles. The first kappa shape index (κ1) is 28.9. The van der Waals surface area contributed by atoms with Gasteiger partial charge in [0.1, 0.15) is 0 Å². The number of fused-ring (bicyclic) bond motifs is 1. The van der Waals surface area contributed by atoms with Crippen molar-refractivity contribution in [3.05, 3.63) is 65.2 Å². The van der Waals surface area contributed by atoms with Crippen LogP contribution in [0.2, 0.25) is 18.6 Å². The van der Waals surface area contributed by atoms with Gasteiger partial charge in [-0.1, -0.05) is 43.3 Å². The summed E-state index contributed by atoms with van der Waals surface area (Å²) >= 11 is 0. The van der Waals surface area contributed by atoms with E-state index in [1.165, 1.54) is 5.56 Å². The second-order valence-corrected chi connectivity index (χ2v) is 16.2. The fourth-order valence-electron chi connectivity index (χ4n) is 7.01. The number of ether oxygens (including phenoxy) is 1. The fourth-order valence-corrected chi connectivity index (χ4v) is 9.61. The molecule has 0 radical (unpaired) electrons. The van der Waals surface area contributed by atoms with Crippen LogP contribution in [0.4, 0.5) is 5.69 Å². The van der Waals surface area contributed by atoms with Gasteiger partial charge in [0.15, 0.2) is 8.32 Å². The number of carbonyl (C=O) groups excluding carboxylic acids is 2. The highest BCUT2D eigenvalue weighted by Crippen LogP contribution is 2.46. The summed E-state index contributed by atoms with van der Waals surface area (Å²) in [6.07, 6.45) is 2.01. The molecule has 0 saturated carbocycles. The summed E-state index contributed by atoms with van der Waals surface area (Å²) < 4.78 is 6.59. The lowest BCUT2D eigenvalue weighted by atomic mass is 9.93. The van der Waals surface area contributed by atoms with Gasteiger partial charge >= 0.3 is 0 Å². The molecule has 8 nitrogen and oxygen atoms in total. The number of hydrogen-bond donors (Lipinski definition) is 3. The maximum atomic E-state index is 13.6. The maximum Gasteiger partial charge on any atom is 0.240 e. The third-order valence-electron chi connectivity index (χ3n) is 9.01. The summed E-state index contributed by atoms with van der Waals surface area (Å²) in [5.74, 6) is 0.184. The first-order valence-electron chi connectivity index (χ1n) is 14.6. The van der Waals surface area contributed by atoms with Crippen LogP contribution in [0.15, 0.2) is 48.5 Å². The van der Waals surface area contributed by atoms with Gasteiger partial charge in [0, 0.05) is 30.9 Å². The van der Waals surface area contributed by atoms with Crippen molar-refractivity contribution in [2.45, 2.75) is 76.0 Å². The molecule has 2 aromatic carbocycles. The molecule has 0 unspecified atom stereocenters. The molecule has 9 heteroatoms. The zero-order valence-corrected chi connectivity index (χ0v) is 24.9. The topological polar surface area (TPSA) is 102 Å². The van der Waals surface area contributed by atoms with Crippen molar-refractivity contribution in [1.29, 1.82) is 0 Å². The Kier molecular flexibility index (Phi) is 8.77. The van der Waals surface area contributed by atoms with E-state index in [1.807, 2.05) is 48.3 Å². The second-order valence-electron chi connectivity index (χ2n) is 12.2. The number of nitrogens with zero attached hydrogens (tertiary/aromatic N) is 2. The molecule has 3 aliphatic heterocycles. The zero-order chi connectivity index (χ0) is 28.4. The molecule has 0 bridgehead atoms. The largest absolute Gasteiger partial charge is 0.432 e. The number of piperazine rings is 1. The summed E-state index contributed by atoms with van der Waals surface area (Å²) in [6, 6.07) is 16.0. The van der Waals surface area contributed by atoms with Crippen LogP contribution in [0.5, 0.6) is 0 Å². The van der Waals surface area contributed by atoms with E-state index in [4.69, 9.17) is 4.74 Å². The summed E-state index contributed by atoms with van der Waals surface area (Å²) in [7, 11) is -2.63. The molecule has 3 aliphatic rings. The first-order valence-corrected chi connectivity index (χ1v) is 17.6. The second kappa shape index (κ2) is 12.1. The van der Waals surface area contributed by atoms with Crippen LogP contribution in [-0.4, -0.2) is 79.4 Å². The predicted molar refractivity (Wildman–Crippen MR) is 157 cm³/mol. The average Bonchev–Trinajstić information content (AvgIpc) is 3.26. The van der Waals surface area contributed by atoms with Crippen LogP contribution < -0.4 is 10.2 Å². The Bertz CT molecular complexity index is 1220. The number of nitrogens with one attached hydrogen (secondary N) is 1. The Morgan fingerprint density at radius 2 is 1.90 bits per heavy atom. The van der Waals surface area contributed by atoms with Crippen molar-refractivity contribution < 1.29 is 24.2 Å². The highest BCUT2D eigenvalue weighted by molar-refractivity contribution is 6.71. The highest BCUT2D eigenvalue weighted by Gasteiger charge is 2.50. The normalized spacial score (nSPS) is 27.1. The Labute approximate surface area is 238 Å². The van der Waals surface area contributed by atoms with Crippen LogP contribution in [0.25, 0.3) is 0 Å². The molecule has 3 heterocycles. The standard InChI is InChI=1S/C31H43N3O5Si/c1-21-27(12-11-22-7-6-10-25(15-22)33-14-13-32-18-30(33)37)39-28(31(21)40(2,3)38)17-29(36)34-19-24-9-5-4-8-23(24)16-26(34)20-35/h4-10,15,21,26-28,31-32,35,38H,11-14,16-20H2,1-3H3/t21-,26+,27+,28-,31+/m1/s1. The van der Waals surface area contributed by atoms with Gasteiger partial charge < -0.3 is 29.8 Å². The number of rotatable bonds is 8. The Morgan fingerprint density at radius 3 is 2.62 bits per heavy atom. The Morgan fingerprint density at radius 1 is 1.12 bits per heavy atom. The Balaban J connectivity index is 1.26. The van der Waals surface area contributed by atoms with E-state index >= 15 is 0 Å². The van der Waals surface area contributed by atoms with Crippen molar-refractivity contribution >= 4 is 25.8 Å². The molecule has 2 fully saturated rings. The van der Waals surface area contributed by atoms with Gasteiger partial charge in [-0.3, -0.25) is 9.59 Å². The number of aliphatic hydroxyl groups excluding tert-OH is 1. The van der Waals surface area contributed by atoms with Gasteiger partial charge in [0.05, 0.1) is 37.8 Å². The lowest BCUT2D eigenvalue weighted by Gasteiger charge is -2.37. The van der Waals surface area contributed by atoms with Gasteiger partial charge in [-0.15, -0.1) is 0 Å². The number of amides is 2. The third kappa shape index (κ3) is 6.18. The molecule has 0 aliphatic carbocycles. The minimum absolute atomic E-state index is 0.0250. The maximum absolute atomic E-state index is 13.6. The van der Waals surface area contributed by atoms with E-state index in [1.54, 1.807) is 4.90 Å². The van der Waals surface area contributed by atoms with Crippen molar-refractivity contribution in [3.8, 4) is 0 Å². The molecule has 216 valence electrons. The summed E-state index contributed by atoms with van der Waals surface area (Å²) in [5, 5.41) is 13.2. The zero-order valence-electron chi connectivity index (χ0n) is 23.9. The molecule has 40 heavy (non-hydrogen) atoms. The predicted octanol–water partition coefficient (Wildman–Crippen LogP) is 2.86. The molecule has 0 spiro atoms. The van der Waals surface area contributed by atoms with Crippen molar-refractivity contribution in [3.63, 3.8) is 0 Å². The number of anilines is 1. The van der Waals surface area contributed by atoms with Crippen LogP contribution in [0, 0.1) is 5.92 Å². The van der Waals surface area contributed by atoms with E-state index in [0.29, 0.717) is 26.1 Å². The smallest absolute Gasteiger partial charge is 0.240 e.